The zero-order valence-corrected chi connectivity index (χ0v) is 16.1. The number of nitriles is 2. The number of aryl methyl sites for hydroxylation is 2. The summed E-state index contributed by atoms with van der Waals surface area (Å²) in [7, 11) is 0. The largest absolute Gasteiger partial charge is 0.476 e. The van der Waals surface area contributed by atoms with Crippen molar-refractivity contribution in [1.82, 2.24) is 0 Å². The van der Waals surface area contributed by atoms with Gasteiger partial charge in [0.25, 0.3) is 5.91 Å². The maximum absolute atomic E-state index is 12.4. The summed E-state index contributed by atoms with van der Waals surface area (Å²) in [6.07, 6.45) is 1.38. The van der Waals surface area contributed by atoms with Crippen molar-refractivity contribution in [2.75, 3.05) is 11.9 Å². The van der Waals surface area contributed by atoms with Gasteiger partial charge in [0, 0.05) is 5.69 Å². The molecule has 0 heterocycles. The lowest BCUT2D eigenvalue weighted by Crippen LogP contribution is -2.14. The molecule has 0 aliphatic rings. The normalized spacial score (nSPS) is 10.7. The summed E-state index contributed by atoms with van der Waals surface area (Å²) < 4.78 is 5.16. The molecule has 5 nitrogen and oxygen atoms in total. The third kappa shape index (κ3) is 5.24. The molecular weight excluding hydrogens is 385 g/mol. The Hall–Kier alpha value is -2.99. The van der Waals surface area contributed by atoms with Crippen LogP contribution in [-0.4, -0.2) is 12.5 Å². The molecule has 1 amide bonds. The van der Waals surface area contributed by atoms with E-state index < -0.39 is 5.91 Å². The van der Waals surface area contributed by atoms with E-state index in [0.29, 0.717) is 11.3 Å². The number of nitrogens with zero attached hydrogens (tertiary/aromatic N) is 2. The predicted octanol–water partition coefficient (Wildman–Crippen LogP) is 5.06. The van der Waals surface area contributed by atoms with Crippen LogP contribution in [0.5, 0.6) is 5.75 Å². The Morgan fingerprint density at radius 2 is 1.85 bits per heavy atom. The number of anilines is 1. The molecule has 2 aromatic carbocycles. The van der Waals surface area contributed by atoms with E-state index >= 15 is 0 Å². The summed E-state index contributed by atoms with van der Waals surface area (Å²) in [5.74, 6) is -0.364. The Morgan fingerprint density at radius 1 is 1.19 bits per heavy atom. The molecule has 0 radical (unpaired) electrons. The Kier molecular flexibility index (Phi) is 6.85. The van der Waals surface area contributed by atoms with Gasteiger partial charge in [-0.3, -0.25) is 4.79 Å². The van der Waals surface area contributed by atoms with E-state index in [-0.39, 0.29) is 28.0 Å². The zero-order chi connectivity index (χ0) is 20.0. The molecule has 0 saturated heterocycles. The minimum absolute atomic E-state index is 0.104. The van der Waals surface area contributed by atoms with Gasteiger partial charge in [0.05, 0.1) is 10.0 Å². The Morgan fingerprint density at radius 3 is 2.41 bits per heavy atom. The highest BCUT2D eigenvalue weighted by Crippen LogP contribution is 2.34. The lowest BCUT2D eigenvalue weighted by atomic mass is 10.1. The van der Waals surface area contributed by atoms with Gasteiger partial charge < -0.3 is 10.1 Å². The quantitative estimate of drug-likeness (QED) is 0.562. The van der Waals surface area contributed by atoms with Gasteiger partial charge in [-0.2, -0.15) is 10.5 Å². The summed E-state index contributed by atoms with van der Waals surface area (Å²) >= 11 is 12.2. The molecule has 0 spiro atoms. The fraction of sp³-hybridized carbons (Fsp3) is 0.150. The van der Waals surface area contributed by atoms with E-state index in [4.69, 9.17) is 33.2 Å². The molecule has 7 heteroatoms. The lowest BCUT2D eigenvalue weighted by molar-refractivity contribution is -0.112. The number of hydrogen-bond acceptors (Lipinski definition) is 4. The second kappa shape index (κ2) is 9.09. The lowest BCUT2D eigenvalue weighted by Gasteiger charge is -2.10. The summed E-state index contributed by atoms with van der Waals surface area (Å²) in [4.78, 5) is 12.4. The van der Waals surface area contributed by atoms with E-state index in [0.717, 1.165) is 11.1 Å². The number of halogens is 2. The van der Waals surface area contributed by atoms with E-state index in [1.165, 1.54) is 18.2 Å². The van der Waals surface area contributed by atoms with Crippen LogP contribution in [0.4, 0.5) is 5.69 Å². The third-order valence-corrected chi connectivity index (χ3v) is 4.17. The van der Waals surface area contributed by atoms with Crippen LogP contribution in [0.25, 0.3) is 6.08 Å². The average Bonchev–Trinajstić information content (AvgIpc) is 2.61. The Balaban J connectivity index is 2.28. The van der Waals surface area contributed by atoms with Crippen molar-refractivity contribution < 1.29 is 9.53 Å². The van der Waals surface area contributed by atoms with Gasteiger partial charge in [-0.05, 0) is 49.2 Å². The van der Waals surface area contributed by atoms with Crippen molar-refractivity contribution in [1.29, 1.82) is 10.5 Å². The fourth-order valence-corrected chi connectivity index (χ4v) is 2.98. The van der Waals surface area contributed by atoms with Crippen LogP contribution in [0.3, 0.4) is 0 Å². The van der Waals surface area contributed by atoms with Crippen molar-refractivity contribution in [3.63, 3.8) is 0 Å². The smallest absolute Gasteiger partial charge is 0.266 e. The Bertz CT molecular complexity index is 978. The number of carbonyl (C=O) groups is 1. The monoisotopic (exact) mass is 399 g/mol. The summed E-state index contributed by atoms with van der Waals surface area (Å²) in [6, 6.07) is 12.3. The van der Waals surface area contributed by atoms with Crippen LogP contribution in [0.15, 0.2) is 35.9 Å². The summed E-state index contributed by atoms with van der Waals surface area (Å²) in [5, 5.41) is 21.0. The number of rotatable bonds is 5. The second-order valence-electron chi connectivity index (χ2n) is 5.70. The molecule has 0 saturated carbocycles. The first kappa shape index (κ1) is 20.3. The first-order valence-electron chi connectivity index (χ1n) is 7.85. The number of nitrogens with one attached hydrogen (secondary N) is 1. The summed E-state index contributed by atoms with van der Waals surface area (Å²) in [5.41, 5.74) is 2.95. The SMILES string of the molecule is Cc1ccc(NC(=O)/C(C#N)=C/c2cc(Cl)c(OCC#N)c(Cl)c2)c(C)c1. The molecular formula is C20H15Cl2N3O2. The van der Waals surface area contributed by atoms with Gasteiger partial charge in [-0.25, -0.2) is 0 Å². The van der Waals surface area contributed by atoms with Gasteiger partial charge in [0.2, 0.25) is 0 Å². The highest BCUT2D eigenvalue weighted by atomic mass is 35.5. The highest BCUT2D eigenvalue weighted by Gasteiger charge is 2.13. The van der Waals surface area contributed by atoms with Crippen molar-refractivity contribution in [2.45, 2.75) is 13.8 Å². The van der Waals surface area contributed by atoms with Crippen LogP contribution in [-0.2, 0) is 4.79 Å². The molecule has 0 aliphatic carbocycles. The van der Waals surface area contributed by atoms with Crippen LogP contribution in [0.2, 0.25) is 10.0 Å². The molecule has 136 valence electrons. The average molecular weight is 400 g/mol. The molecule has 0 bridgehead atoms. The first-order chi connectivity index (χ1) is 12.8. The van der Waals surface area contributed by atoms with Crippen LogP contribution < -0.4 is 10.1 Å². The highest BCUT2D eigenvalue weighted by molar-refractivity contribution is 6.37. The van der Waals surface area contributed by atoms with Crippen molar-refractivity contribution in [3.8, 4) is 17.9 Å². The number of carbonyl (C=O) groups excluding carboxylic acids is 1. The van der Waals surface area contributed by atoms with E-state index in [1.807, 2.05) is 38.1 Å². The number of hydrogen-bond donors (Lipinski definition) is 1. The molecule has 2 aromatic rings. The van der Waals surface area contributed by atoms with Crippen molar-refractivity contribution in [2.24, 2.45) is 0 Å². The zero-order valence-electron chi connectivity index (χ0n) is 14.6. The van der Waals surface area contributed by atoms with Crippen LogP contribution >= 0.6 is 23.2 Å². The summed E-state index contributed by atoms with van der Waals surface area (Å²) in [6.45, 7) is 3.63. The number of amides is 1. The molecule has 0 aliphatic heterocycles. The maximum Gasteiger partial charge on any atom is 0.266 e. The van der Waals surface area contributed by atoms with Gasteiger partial charge in [-0.1, -0.05) is 40.9 Å². The topological polar surface area (TPSA) is 85.9 Å². The standard InChI is InChI=1S/C20H15Cl2N3O2/c1-12-3-4-18(13(2)7-12)25-20(26)15(11-24)8-14-9-16(21)19(17(22)10-14)27-6-5-23/h3-4,7-10H,6H2,1-2H3,(H,25,26)/b15-8+. The van der Waals surface area contributed by atoms with E-state index in [9.17, 15) is 10.1 Å². The van der Waals surface area contributed by atoms with Crippen molar-refractivity contribution in [3.05, 3.63) is 62.6 Å². The third-order valence-electron chi connectivity index (χ3n) is 3.61. The number of ether oxygens (including phenoxy) is 1. The Labute approximate surface area is 167 Å². The fourth-order valence-electron chi connectivity index (χ4n) is 2.36. The minimum atomic E-state index is -0.540. The molecule has 27 heavy (non-hydrogen) atoms. The molecule has 0 aromatic heterocycles. The van der Waals surface area contributed by atoms with Gasteiger partial charge in [0.15, 0.2) is 12.4 Å². The second-order valence-corrected chi connectivity index (χ2v) is 6.52. The van der Waals surface area contributed by atoms with Crippen LogP contribution in [0, 0.1) is 36.5 Å². The first-order valence-corrected chi connectivity index (χ1v) is 8.60. The van der Waals surface area contributed by atoms with Crippen molar-refractivity contribution >= 4 is 40.9 Å². The molecule has 2 rings (SSSR count). The molecule has 0 unspecified atom stereocenters. The molecule has 0 atom stereocenters. The van der Waals surface area contributed by atoms with Gasteiger partial charge >= 0.3 is 0 Å². The molecule has 1 N–H and O–H groups in total. The number of benzene rings is 2. The maximum atomic E-state index is 12.4. The minimum Gasteiger partial charge on any atom is -0.476 e. The van der Waals surface area contributed by atoms with Crippen LogP contribution in [0.1, 0.15) is 16.7 Å². The van der Waals surface area contributed by atoms with E-state index in [2.05, 4.69) is 5.32 Å². The van der Waals surface area contributed by atoms with Gasteiger partial charge in [0.1, 0.15) is 17.7 Å². The molecule has 0 fully saturated rings. The predicted molar refractivity (Wildman–Crippen MR) is 106 cm³/mol. The van der Waals surface area contributed by atoms with E-state index in [1.54, 1.807) is 6.07 Å². The van der Waals surface area contributed by atoms with Gasteiger partial charge in [-0.15, -0.1) is 0 Å².